The zero-order valence-corrected chi connectivity index (χ0v) is 14.7. The number of allylic oxidation sites excluding steroid dienone is 1. The van der Waals surface area contributed by atoms with E-state index in [0.717, 1.165) is 51.4 Å². The minimum Gasteiger partial charge on any atom is -0.481 e. The van der Waals surface area contributed by atoms with Gasteiger partial charge in [0.2, 0.25) is 4.91 Å². The normalized spacial score (nSPS) is 12.2. The number of aliphatic carboxylic acids is 1. The molecule has 2 N–H and O–H groups in total. The van der Waals surface area contributed by atoms with E-state index in [9.17, 15) is 4.79 Å². The molecular weight excluding hydrogens is 290 g/mol. The first kappa shape index (κ1) is 21.5. The molecule has 23 heavy (non-hydrogen) atoms. The molecule has 0 saturated carbocycles. The number of unbranched alkanes of at least 4 members (excludes halogenated alkanes) is 8. The standard InChI is InChI=1S/C18H33N3O2/c1-2-3-4-11-14-17(20-21-19)15-12-9-7-5-6-8-10-13-16-18(22)23/h9,12,17,19H,2-8,10-11,13-16H2,1H3/p+1/b12-9-. The van der Waals surface area contributed by atoms with Gasteiger partial charge >= 0.3 is 5.97 Å². The van der Waals surface area contributed by atoms with Crippen molar-refractivity contribution >= 4 is 5.97 Å². The fraction of sp³-hybridized carbons (Fsp3) is 0.833. The van der Waals surface area contributed by atoms with Gasteiger partial charge in [0, 0.05) is 6.42 Å². The van der Waals surface area contributed by atoms with Crippen molar-refractivity contribution in [2.24, 2.45) is 5.11 Å². The van der Waals surface area contributed by atoms with E-state index in [1.807, 2.05) is 0 Å². The van der Waals surface area contributed by atoms with Crippen molar-refractivity contribution in [3.63, 3.8) is 0 Å². The van der Waals surface area contributed by atoms with E-state index in [4.69, 9.17) is 10.6 Å². The Labute approximate surface area is 140 Å². The molecule has 5 nitrogen and oxygen atoms in total. The van der Waals surface area contributed by atoms with Crippen molar-refractivity contribution in [3.05, 3.63) is 12.2 Å². The van der Waals surface area contributed by atoms with Gasteiger partial charge in [-0.1, -0.05) is 64.0 Å². The average molecular weight is 324 g/mol. The lowest BCUT2D eigenvalue weighted by molar-refractivity contribution is -0.137. The molecule has 0 amide bonds. The summed E-state index contributed by atoms with van der Waals surface area (Å²) in [6, 6.07) is 0.164. The lowest BCUT2D eigenvalue weighted by Gasteiger charge is -2.03. The van der Waals surface area contributed by atoms with Gasteiger partial charge in [-0.3, -0.25) is 4.79 Å². The monoisotopic (exact) mass is 324 g/mol. The lowest BCUT2D eigenvalue weighted by Crippen LogP contribution is -2.03. The molecular formula is C18H34N3O2+. The quantitative estimate of drug-likeness (QED) is 0.167. The van der Waals surface area contributed by atoms with E-state index in [0.29, 0.717) is 6.42 Å². The molecule has 132 valence electrons. The van der Waals surface area contributed by atoms with Crippen LogP contribution in [0, 0.1) is 5.53 Å². The first-order valence-corrected chi connectivity index (χ1v) is 9.14. The molecule has 0 aromatic rings. The summed E-state index contributed by atoms with van der Waals surface area (Å²) in [5, 5.41) is 12.5. The van der Waals surface area contributed by atoms with E-state index in [1.165, 1.54) is 25.7 Å². The first-order chi connectivity index (χ1) is 11.2. The summed E-state index contributed by atoms with van der Waals surface area (Å²) in [5.41, 5.74) is 6.90. The third-order valence-corrected chi connectivity index (χ3v) is 3.95. The van der Waals surface area contributed by atoms with Crippen LogP contribution in [0.15, 0.2) is 17.3 Å². The highest BCUT2D eigenvalue weighted by Gasteiger charge is 2.09. The van der Waals surface area contributed by atoms with Crippen LogP contribution in [0.5, 0.6) is 0 Å². The summed E-state index contributed by atoms with van der Waals surface area (Å²) >= 11 is 0. The summed E-state index contributed by atoms with van der Waals surface area (Å²) in [6.07, 6.45) is 17.8. The fourth-order valence-corrected chi connectivity index (χ4v) is 2.55. The van der Waals surface area contributed by atoms with Crippen LogP contribution in [-0.2, 0) is 4.79 Å². The Morgan fingerprint density at radius 1 is 1.09 bits per heavy atom. The number of carbonyl (C=O) groups is 1. The number of carboxylic acids is 1. The zero-order chi connectivity index (χ0) is 17.2. The smallest absolute Gasteiger partial charge is 0.303 e. The van der Waals surface area contributed by atoms with Gasteiger partial charge in [-0.25, -0.2) is 0 Å². The van der Waals surface area contributed by atoms with Gasteiger partial charge in [0.05, 0.1) is 0 Å². The second kappa shape index (κ2) is 16.9. The Morgan fingerprint density at radius 3 is 2.48 bits per heavy atom. The van der Waals surface area contributed by atoms with Crippen LogP contribution >= 0.6 is 0 Å². The molecule has 5 heteroatoms. The predicted molar refractivity (Wildman–Crippen MR) is 93.5 cm³/mol. The van der Waals surface area contributed by atoms with Gasteiger partial charge in [0.25, 0.3) is 0 Å². The molecule has 0 heterocycles. The van der Waals surface area contributed by atoms with E-state index in [-0.39, 0.29) is 6.04 Å². The number of nitrogens with zero attached hydrogens (tertiary/aromatic N) is 2. The van der Waals surface area contributed by atoms with Crippen LogP contribution in [0.4, 0.5) is 0 Å². The van der Waals surface area contributed by atoms with Crippen molar-refractivity contribution < 1.29 is 9.90 Å². The maximum atomic E-state index is 10.4. The summed E-state index contributed by atoms with van der Waals surface area (Å²) in [7, 11) is 0. The van der Waals surface area contributed by atoms with Crippen molar-refractivity contribution in [1.29, 1.82) is 5.53 Å². The number of rotatable bonds is 16. The number of hydrogen-bond acceptors (Lipinski definition) is 3. The summed E-state index contributed by atoms with van der Waals surface area (Å²) in [6.45, 7) is 2.20. The van der Waals surface area contributed by atoms with Crippen molar-refractivity contribution in [2.45, 2.75) is 96.4 Å². The Kier molecular flexibility index (Phi) is 15.8. The third-order valence-electron chi connectivity index (χ3n) is 3.95. The molecule has 0 aliphatic carbocycles. The number of nitrogens with one attached hydrogen (secondary N) is 1. The molecule has 0 radical (unpaired) electrons. The van der Waals surface area contributed by atoms with Crippen LogP contribution in [0.1, 0.15) is 90.4 Å². The summed E-state index contributed by atoms with van der Waals surface area (Å²) in [5.74, 6) is -0.693. The van der Waals surface area contributed by atoms with Gasteiger partial charge in [-0.05, 0) is 32.1 Å². The van der Waals surface area contributed by atoms with Crippen LogP contribution in [0.2, 0.25) is 0 Å². The highest BCUT2D eigenvalue weighted by molar-refractivity contribution is 5.66. The summed E-state index contributed by atoms with van der Waals surface area (Å²) < 4.78 is 0. The van der Waals surface area contributed by atoms with E-state index in [2.05, 4.69) is 29.1 Å². The SMILES string of the molecule is CCCCCCC(C/C=C\CCCCCCCC(=O)O)N=[N+]=N. The average Bonchev–Trinajstić information content (AvgIpc) is 2.52. The summed E-state index contributed by atoms with van der Waals surface area (Å²) in [4.78, 5) is 13.6. The van der Waals surface area contributed by atoms with Crippen molar-refractivity contribution in [2.75, 3.05) is 0 Å². The largest absolute Gasteiger partial charge is 0.481 e. The van der Waals surface area contributed by atoms with E-state index < -0.39 is 5.97 Å². The second-order valence-corrected chi connectivity index (χ2v) is 6.13. The molecule has 0 bridgehead atoms. The minimum absolute atomic E-state index is 0.164. The zero-order valence-electron chi connectivity index (χ0n) is 14.7. The number of hydrogen-bond donors (Lipinski definition) is 2. The van der Waals surface area contributed by atoms with Gasteiger partial charge in [-0.15, -0.1) is 0 Å². The minimum atomic E-state index is -0.693. The molecule has 0 spiro atoms. The Morgan fingerprint density at radius 2 is 1.78 bits per heavy atom. The molecule has 0 saturated heterocycles. The molecule has 0 rings (SSSR count). The molecule has 0 aliphatic rings. The first-order valence-electron chi connectivity index (χ1n) is 9.14. The molecule has 1 atom stereocenters. The maximum Gasteiger partial charge on any atom is 0.303 e. The van der Waals surface area contributed by atoms with Crippen molar-refractivity contribution in [1.82, 2.24) is 4.91 Å². The van der Waals surface area contributed by atoms with Crippen LogP contribution in [0.3, 0.4) is 0 Å². The van der Waals surface area contributed by atoms with Gasteiger partial charge in [0.15, 0.2) is 0 Å². The highest BCUT2D eigenvalue weighted by atomic mass is 16.4. The van der Waals surface area contributed by atoms with Crippen LogP contribution < -0.4 is 4.91 Å². The third kappa shape index (κ3) is 16.7. The van der Waals surface area contributed by atoms with E-state index >= 15 is 0 Å². The Hall–Kier alpha value is -1.48. The van der Waals surface area contributed by atoms with Gasteiger partial charge in [0.1, 0.15) is 16.7 Å². The molecule has 0 aliphatic heterocycles. The van der Waals surface area contributed by atoms with Crippen molar-refractivity contribution in [3.8, 4) is 0 Å². The Bertz CT molecular complexity index is 363. The van der Waals surface area contributed by atoms with Crippen LogP contribution in [-0.4, -0.2) is 17.1 Å². The van der Waals surface area contributed by atoms with Crippen LogP contribution in [0.25, 0.3) is 0 Å². The molecule has 0 fully saturated rings. The molecule has 0 aromatic heterocycles. The topological polar surface area (TPSA) is 87.6 Å². The number of carboxylic acid groups (broad SMARTS) is 1. The predicted octanol–water partition coefficient (Wildman–Crippen LogP) is 5.64. The highest BCUT2D eigenvalue weighted by Crippen LogP contribution is 2.12. The van der Waals surface area contributed by atoms with E-state index in [1.54, 1.807) is 0 Å². The molecule has 0 aromatic carbocycles. The lowest BCUT2D eigenvalue weighted by atomic mass is 10.0. The Balaban J connectivity index is 3.59. The van der Waals surface area contributed by atoms with Gasteiger partial charge in [-0.2, -0.15) is 0 Å². The fourth-order valence-electron chi connectivity index (χ4n) is 2.55. The molecule has 1 unspecified atom stereocenters. The van der Waals surface area contributed by atoms with Gasteiger partial charge < -0.3 is 5.11 Å². The second-order valence-electron chi connectivity index (χ2n) is 6.13. The maximum absolute atomic E-state index is 10.4.